The van der Waals surface area contributed by atoms with Gasteiger partial charge in [0.1, 0.15) is 10.6 Å². The summed E-state index contributed by atoms with van der Waals surface area (Å²) in [4.78, 5) is 39.4. The predicted molar refractivity (Wildman–Crippen MR) is 140 cm³/mol. The molecule has 0 unspecified atom stereocenters. The molecule has 15 heteroatoms. The minimum absolute atomic E-state index is 0.0670. The number of aromatic nitrogens is 5. The molecule has 1 atom stereocenters. The van der Waals surface area contributed by atoms with Crippen molar-refractivity contribution >= 4 is 45.3 Å². The number of halogens is 3. The summed E-state index contributed by atoms with van der Waals surface area (Å²) in [6.07, 6.45) is -2.26. The number of fused-ring (bicyclic) bond motifs is 2. The highest BCUT2D eigenvalue weighted by Gasteiger charge is 2.40. The number of carbonyl (C=O) groups excluding carboxylic acids is 2. The molecule has 40 heavy (non-hydrogen) atoms. The third-order valence-electron chi connectivity index (χ3n) is 6.76. The quantitative estimate of drug-likeness (QED) is 0.222. The van der Waals surface area contributed by atoms with Crippen molar-refractivity contribution in [1.82, 2.24) is 24.7 Å². The van der Waals surface area contributed by atoms with E-state index in [1.807, 2.05) is 15.9 Å². The highest BCUT2D eigenvalue weighted by molar-refractivity contribution is 7.18. The third kappa shape index (κ3) is 5.60. The molecule has 11 nitrogen and oxygen atoms in total. The van der Waals surface area contributed by atoms with E-state index in [0.717, 1.165) is 32.5 Å². The summed E-state index contributed by atoms with van der Waals surface area (Å²) in [6, 6.07) is 2.04. The van der Waals surface area contributed by atoms with Gasteiger partial charge in [0.15, 0.2) is 5.82 Å². The van der Waals surface area contributed by atoms with Crippen molar-refractivity contribution in [3.8, 4) is 0 Å². The van der Waals surface area contributed by atoms with E-state index < -0.39 is 36.7 Å². The van der Waals surface area contributed by atoms with Crippen LogP contribution in [-0.2, 0) is 44.7 Å². The lowest BCUT2D eigenvalue weighted by atomic mass is 10.1. The van der Waals surface area contributed by atoms with Crippen molar-refractivity contribution in [1.29, 1.82) is 0 Å². The average Bonchev–Trinajstić information content (AvgIpc) is 3.65. The van der Waals surface area contributed by atoms with E-state index in [9.17, 15) is 22.8 Å². The monoisotopic (exact) mass is 579 g/mol. The van der Waals surface area contributed by atoms with E-state index in [1.54, 1.807) is 11.3 Å². The first-order valence-electron chi connectivity index (χ1n) is 12.8. The van der Waals surface area contributed by atoms with Crippen molar-refractivity contribution < 1.29 is 32.2 Å². The smallest absolute Gasteiger partial charge is 0.428 e. The zero-order valence-corrected chi connectivity index (χ0v) is 22.8. The van der Waals surface area contributed by atoms with Gasteiger partial charge in [-0.05, 0) is 25.8 Å². The zero-order valence-electron chi connectivity index (χ0n) is 22.0. The van der Waals surface area contributed by atoms with Crippen LogP contribution in [0, 0.1) is 5.92 Å². The van der Waals surface area contributed by atoms with Gasteiger partial charge in [-0.1, -0.05) is 19.9 Å². The van der Waals surface area contributed by atoms with Gasteiger partial charge in [0.2, 0.25) is 18.6 Å². The van der Waals surface area contributed by atoms with Crippen molar-refractivity contribution in [2.45, 2.75) is 52.4 Å². The topological polar surface area (TPSA) is 116 Å². The molecule has 5 heterocycles. The molecule has 0 aromatic carbocycles. The lowest BCUT2D eigenvalue weighted by Crippen LogP contribution is -2.36. The van der Waals surface area contributed by atoms with Gasteiger partial charge in [-0.3, -0.25) is 4.79 Å². The van der Waals surface area contributed by atoms with Gasteiger partial charge in [0.05, 0.1) is 17.8 Å². The molecule has 2 aliphatic rings. The minimum Gasteiger partial charge on any atom is -0.428 e. The largest absolute Gasteiger partial charge is 0.451 e. The van der Waals surface area contributed by atoms with Gasteiger partial charge >= 0.3 is 18.1 Å². The fourth-order valence-corrected chi connectivity index (χ4v) is 5.88. The number of alkyl halides is 3. The molecule has 0 saturated carbocycles. The summed E-state index contributed by atoms with van der Waals surface area (Å²) in [6.45, 7) is 7.87. The number of anilines is 2. The first kappa shape index (κ1) is 27.8. The van der Waals surface area contributed by atoms with Gasteiger partial charge < -0.3 is 23.8 Å². The normalized spacial score (nSPS) is 17.3. The number of carbonyl (C=O) groups is 2. The molecule has 2 aliphatic heterocycles. The van der Waals surface area contributed by atoms with E-state index in [1.165, 1.54) is 6.92 Å². The third-order valence-corrected chi connectivity index (χ3v) is 7.85. The molecule has 0 spiro atoms. The van der Waals surface area contributed by atoms with Crippen LogP contribution in [0.25, 0.3) is 10.2 Å². The molecule has 0 amide bonds. The van der Waals surface area contributed by atoms with E-state index in [4.69, 9.17) is 19.4 Å². The number of ether oxygens (including phenoxy) is 2. The number of nitrogens with zero attached hydrogens (tertiary/aromatic N) is 7. The van der Waals surface area contributed by atoms with Crippen molar-refractivity contribution in [2.75, 3.05) is 36.2 Å². The molecular weight excluding hydrogens is 551 g/mol. The highest BCUT2D eigenvalue weighted by Crippen LogP contribution is 2.37. The van der Waals surface area contributed by atoms with Crippen LogP contribution in [0.2, 0.25) is 0 Å². The summed E-state index contributed by atoms with van der Waals surface area (Å²) >= 11 is 1.56. The maximum Gasteiger partial charge on any atom is 0.451 e. The Kier molecular flexibility index (Phi) is 7.66. The number of aryl methyl sites for hydroxylation is 1. The molecule has 3 aromatic rings. The van der Waals surface area contributed by atoms with E-state index in [2.05, 4.69) is 23.7 Å². The lowest BCUT2D eigenvalue weighted by molar-refractivity contribution is -0.167. The highest BCUT2D eigenvalue weighted by atomic mass is 32.1. The van der Waals surface area contributed by atoms with Crippen LogP contribution in [0.1, 0.15) is 43.2 Å². The van der Waals surface area contributed by atoms with Crippen LogP contribution in [-0.4, -0.2) is 63.1 Å². The van der Waals surface area contributed by atoms with E-state index in [0.29, 0.717) is 31.3 Å². The lowest BCUT2D eigenvalue weighted by Gasteiger charge is -2.30. The standard InChI is InChI=1S/C25H28F3N7O4S/c1-4-5-16-10-17-19(33-8-9-35-18(12-33)31-32-23(35)25(26,27)28)29-24(30-20(17)40-16)34-7-6-15(11-34)22(37)39-13-38-21(36)14(2)3/h10,15H,2,4-9,11-13H2,1,3H3/t15-/m1/s1. The van der Waals surface area contributed by atoms with Crippen LogP contribution in [0.3, 0.4) is 0 Å². The average molecular weight is 580 g/mol. The molecule has 1 saturated heterocycles. The van der Waals surface area contributed by atoms with Gasteiger partial charge in [0.25, 0.3) is 0 Å². The second-order valence-electron chi connectivity index (χ2n) is 9.76. The number of esters is 2. The summed E-state index contributed by atoms with van der Waals surface area (Å²) in [5.41, 5.74) is 0.205. The van der Waals surface area contributed by atoms with Crippen LogP contribution in [0.15, 0.2) is 18.2 Å². The number of thiophene rings is 1. The second-order valence-corrected chi connectivity index (χ2v) is 10.9. The molecular formula is C25H28F3N7O4S. The molecule has 0 radical (unpaired) electrons. The number of hydrogen-bond donors (Lipinski definition) is 0. The first-order valence-corrected chi connectivity index (χ1v) is 13.7. The molecule has 3 aromatic heterocycles. The summed E-state index contributed by atoms with van der Waals surface area (Å²) in [7, 11) is 0. The Bertz CT molecular complexity index is 1450. The Morgan fingerprint density at radius 3 is 2.67 bits per heavy atom. The molecule has 0 N–H and O–H groups in total. The Balaban J connectivity index is 1.37. The first-order chi connectivity index (χ1) is 19.0. The fourth-order valence-electron chi connectivity index (χ4n) is 4.76. The van der Waals surface area contributed by atoms with Crippen LogP contribution >= 0.6 is 11.3 Å². The SMILES string of the molecule is C=C(C)C(=O)OCOC(=O)[C@@H]1CCN(c2nc(N3CCn4c(nnc4C(F)(F)F)C3)c3cc(CCC)sc3n2)C1. The predicted octanol–water partition coefficient (Wildman–Crippen LogP) is 3.72. The fraction of sp³-hybridized carbons (Fsp3) is 0.520. The summed E-state index contributed by atoms with van der Waals surface area (Å²) in [5, 5.41) is 8.01. The van der Waals surface area contributed by atoms with E-state index in [-0.39, 0.29) is 31.0 Å². The van der Waals surface area contributed by atoms with Crippen molar-refractivity contribution in [2.24, 2.45) is 5.92 Å². The maximum atomic E-state index is 13.3. The van der Waals surface area contributed by atoms with Crippen molar-refractivity contribution in [3.63, 3.8) is 0 Å². The zero-order chi connectivity index (χ0) is 28.6. The van der Waals surface area contributed by atoms with Gasteiger partial charge in [-0.25, -0.2) is 9.78 Å². The molecule has 1 fully saturated rings. The van der Waals surface area contributed by atoms with Gasteiger partial charge in [0, 0.05) is 36.6 Å². The molecule has 214 valence electrons. The molecule has 0 bridgehead atoms. The van der Waals surface area contributed by atoms with E-state index >= 15 is 0 Å². The molecule has 5 rings (SSSR count). The van der Waals surface area contributed by atoms with Crippen molar-refractivity contribution in [3.05, 3.63) is 34.7 Å². The summed E-state index contributed by atoms with van der Waals surface area (Å²) < 4.78 is 51.1. The molecule has 0 aliphatic carbocycles. The Morgan fingerprint density at radius 2 is 1.95 bits per heavy atom. The van der Waals surface area contributed by atoms with Gasteiger partial charge in [-0.15, -0.1) is 21.5 Å². The van der Waals surface area contributed by atoms with Gasteiger partial charge in [-0.2, -0.15) is 18.2 Å². The summed E-state index contributed by atoms with van der Waals surface area (Å²) in [5.74, 6) is -1.33. The Morgan fingerprint density at radius 1 is 1.15 bits per heavy atom. The number of hydrogen-bond acceptors (Lipinski definition) is 11. The number of rotatable bonds is 8. The Labute approximate surface area is 231 Å². The second kappa shape index (κ2) is 11.0. The van der Waals surface area contributed by atoms with Crippen LogP contribution in [0.4, 0.5) is 24.9 Å². The minimum atomic E-state index is -4.58. The Hall–Kier alpha value is -3.75. The van der Waals surface area contributed by atoms with Crippen LogP contribution < -0.4 is 9.80 Å². The maximum absolute atomic E-state index is 13.3. The van der Waals surface area contributed by atoms with Crippen LogP contribution in [0.5, 0.6) is 0 Å².